The molecule has 0 saturated carbocycles. The lowest BCUT2D eigenvalue weighted by molar-refractivity contribution is 0.774. The first-order valence-electron chi connectivity index (χ1n) is 11.9. The largest absolute Gasteiger partial charge is 0.368 e. The number of nitrogens with one attached hydrogen (secondary N) is 2. The number of nitrogens with zero attached hydrogens (tertiary/aromatic N) is 5. The molecule has 182 valence electrons. The number of hydrogen-bond donors (Lipinski definition) is 3. The van der Waals surface area contributed by atoms with Gasteiger partial charge in [0.2, 0.25) is 5.95 Å². The second kappa shape index (κ2) is 8.87. The summed E-state index contributed by atoms with van der Waals surface area (Å²) in [6, 6.07) is 21.2. The molecule has 0 fully saturated rings. The summed E-state index contributed by atoms with van der Waals surface area (Å²) in [5.41, 5.74) is 11.1. The number of hydrogen-bond acceptors (Lipinski definition) is 7. The van der Waals surface area contributed by atoms with Gasteiger partial charge in [-0.1, -0.05) is 42.5 Å². The number of aromatic amines is 1. The average molecular weight is 489 g/mol. The van der Waals surface area contributed by atoms with Crippen LogP contribution in [0.3, 0.4) is 0 Å². The van der Waals surface area contributed by atoms with Crippen molar-refractivity contribution in [2.45, 2.75) is 19.9 Å². The van der Waals surface area contributed by atoms with Gasteiger partial charge in [-0.15, -0.1) is 0 Å². The Morgan fingerprint density at radius 2 is 1.84 bits per heavy atom. The first-order chi connectivity index (χ1) is 18.0. The van der Waals surface area contributed by atoms with Gasteiger partial charge in [0.15, 0.2) is 11.5 Å². The van der Waals surface area contributed by atoms with Crippen molar-refractivity contribution in [2.24, 2.45) is 0 Å². The van der Waals surface area contributed by atoms with E-state index in [-0.39, 0.29) is 17.5 Å². The van der Waals surface area contributed by atoms with Crippen LogP contribution in [-0.2, 0) is 0 Å². The Kier molecular flexibility index (Phi) is 5.37. The molecular formula is C28H24N8O. The summed E-state index contributed by atoms with van der Waals surface area (Å²) in [4.78, 5) is 34.5. The van der Waals surface area contributed by atoms with E-state index in [0.717, 1.165) is 33.6 Å². The maximum atomic E-state index is 14.2. The molecule has 0 aliphatic carbocycles. The van der Waals surface area contributed by atoms with E-state index in [9.17, 15) is 4.79 Å². The van der Waals surface area contributed by atoms with Gasteiger partial charge in [-0.3, -0.25) is 14.3 Å². The van der Waals surface area contributed by atoms with Gasteiger partial charge >= 0.3 is 0 Å². The topological polar surface area (TPSA) is 127 Å². The lowest BCUT2D eigenvalue weighted by Gasteiger charge is -2.22. The molecule has 9 heteroatoms. The van der Waals surface area contributed by atoms with Gasteiger partial charge in [0.1, 0.15) is 5.52 Å². The Bertz CT molecular complexity index is 1810. The van der Waals surface area contributed by atoms with Crippen molar-refractivity contribution in [1.29, 1.82) is 0 Å². The molecule has 0 bridgehead atoms. The van der Waals surface area contributed by atoms with Crippen LogP contribution in [0, 0.1) is 6.92 Å². The molecule has 6 rings (SSSR count). The van der Waals surface area contributed by atoms with Crippen LogP contribution in [0.2, 0.25) is 0 Å². The van der Waals surface area contributed by atoms with Crippen molar-refractivity contribution >= 4 is 33.7 Å². The van der Waals surface area contributed by atoms with Crippen molar-refractivity contribution < 1.29 is 0 Å². The lowest BCUT2D eigenvalue weighted by atomic mass is 9.98. The number of aryl methyl sites for hydroxylation is 1. The van der Waals surface area contributed by atoms with Crippen LogP contribution in [0.1, 0.15) is 24.4 Å². The van der Waals surface area contributed by atoms with Crippen LogP contribution in [-0.4, -0.2) is 29.5 Å². The highest BCUT2D eigenvalue weighted by Crippen LogP contribution is 2.30. The fourth-order valence-corrected chi connectivity index (χ4v) is 4.64. The van der Waals surface area contributed by atoms with E-state index in [1.807, 2.05) is 86.8 Å². The van der Waals surface area contributed by atoms with Crippen LogP contribution >= 0.6 is 0 Å². The highest BCUT2D eigenvalue weighted by Gasteiger charge is 2.20. The molecule has 0 spiro atoms. The molecule has 0 radical (unpaired) electrons. The zero-order chi connectivity index (χ0) is 25.5. The summed E-state index contributed by atoms with van der Waals surface area (Å²) in [7, 11) is 0. The minimum atomic E-state index is -0.323. The number of fused-ring (bicyclic) bond motifs is 2. The van der Waals surface area contributed by atoms with Crippen LogP contribution < -0.4 is 16.6 Å². The van der Waals surface area contributed by atoms with E-state index in [1.54, 1.807) is 10.9 Å². The van der Waals surface area contributed by atoms with E-state index in [1.165, 1.54) is 0 Å². The summed E-state index contributed by atoms with van der Waals surface area (Å²) >= 11 is 0. The Balaban J connectivity index is 1.57. The molecule has 6 aromatic rings. The number of rotatable bonds is 5. The van der Waals surface area contributed by atoms with Crippen molar-refractivity contribution in [3.8, 4) is 16.8 Å². The molecule has 37 heavy (non-hydrogen) atoms. The SMILES string of the molecule is Cc1ccc(-c2cccc3cc([C@H](C)Nc4nc(N)nc5[nH]cnc45)n(-c4ccccc4)c(=O)c23)cn1. The molecule has 0 unspecified atom stereocenters. The summed E-state index contributed by atoms with van der Waals surface area (Å²) < 4.78 is 1.75. The zero-order valence-electron chi connectivity index (χ0n) is 20.3. The Morgan fingerprint density at radius 1 is 1.00 bits per heavy atom. The van der Waals surface area contributed by atoms with Gasteiger partial charge in [0.25, 0.3) is 5.56 Å². The number of imidazole rings is 1. The van der Waals surface area contributed by atoms with E-state index >= 15 is 0 Å². The fraction of sp³-hybridized carbons (Fsp3) is 0.107. The van der Waals surface area contributed by atoms with Gasteiger partial charge in [-0.25, -0.2) is 4.98 Å². The first kappa shape index (κ1) is 22.4. The molecule has 1 atom stereocenters. The van der Waals surface area contributed by atoms with Crippen LogP contribution in [0.15, 0.2) is 84.0 Å². The third kappa shape index (κ3) is 3.96. The minimum Gasteiger partial charge on any atom is -0.368 e. The molecule has 9 nitrogen and oxygen atoms in total. The van der Waals surface area contributed by atoms with Crippen LogP contribution in [0.4, 0.5) is 11.8 Å². The fourth-order valence-electron chi connectivity index (χ4n) is 4.64. The molecule has 0 aliphatic heterocycles. The van der Waals surface area contributed by atoms with E-state index in [4.69, 9.17) is 5.73 Å². The standard InChI is InChI=1S/C28H24N8O/c1-16-11-12-19(14-30-16)21-10-6-7-18-13-22(36(27(37)23(18)21)20-8-4-3-5-9-20)17(2)33-26-24-25(32-15-31-24)34-28(29)35-26/h3-15,17H,1-2H3,(H4,29,31,32,33,34,35)/t17-/m0/s1. The normalized spacial score (nSPS) is 12.2. The number of pyridine rings is 2. The molecule has 4 heterocycles. The van der Waals surface area contributed by atoms with E-state index in [2.05, 4.69) is 30.2 Å². The molecular weight excluding hydrogens is 464 g/mol. The summed E-state index contributed by atoms with van der Waals surface area (Å²) in [6.45, 7) is 3.92. The first-order valence-corrected chi connectivity index (χ1v) is 11.9. The monoisotopic (exact) mass is 488 g/mol. The number of H-pyrrole nitrogens is 1. The predicted molar refractivity (Wildman–Crippen MR) is 146 cm³/mol. The number of aromatic nitrogens is 6. The van der Waals surface area contributed by atoms with E-state index in [0.29, 0.717) is 22.4 Å². The Labute approximate surface area is 212 Å². The zero-order valence-corrected chi connectivity index (χ0v) is 20.3. The summed E-state index contributed by atoms with van der Waals surface area (Å²) in [5.74, 6) is 0.615. The molecule has 4 N–H and O–H groups in total. The number of anilines is 2. The number of benzene rings is 2. The van der Waals surface area contributed by atoms with Gasteiger partial charge in [0, 0.05) is 28.8 Å². The van der Waals surface area contributed by atoms with Crippen LogP contribution in [0.25, 0.3) is 38.8 Å². The maximum absolute atomic E-state index is 14.2. The molecule has 4 aromatic heterocycles. The second-order valence-corrected chi connectivity index (χ2v) is 8.90. The van der Waals surface area contributed by atoms with Crippen molar-refractivity contribution in [3.63, 3.8) is 0 Å². The molecule has 0 amide bonds. The Hall–Kier alpha value is -5.05. The predicted octanol–water partition coefficient (Wildman–Crippen LogP) is 4.78. The van der Waals surface area contributed by atoms with E-state index < -0.39 is 0 Å². The molecule has 0 aliphatic rings. The Morgan fingerprint density at radius 3 is 2.62 bits per heavy atom. The number of nitrogens with two attached hydrogens (primary N) is 1. The molecule has 0 saturated heterocycles. The van der Waals surface area contributed by atoms with Gasteiger partial charge in [-0.2, -0.15) is 9.97 Å². The highest BCUT2D eigenvalue weighted by molar-refractivity contribution is 5.96. The van der Waals surface area contributed by atoms with Crippen molar-refractivity contribution in [3.05, 3.63) is 101 Å². The molecule has 2 aromatic carbocycles. The summed E-state index contributed by atoms with van der Waals surface area (Å²) in [5, 5.41) is 4.87. The van der Waals surface area contributed by atoms with Crippen molar-refractivity contribution in [1.82, 2.24) is 29.5 Å². The minimum absolute atomic E-state index is 0.115. The maximum Gasteiger partial charge on any atom is 0.263 e. The number of nitrogen functional groups attached to an aromatic ring is 1. The van der Waals surface area contributed by atoms with Gasteiger partial charge < -0.3 is 16.0 Å². The summed E-state index contributed by atoms with van der Waals surface area (Å²) in [6.07, 6.45) is 3.36. The van der Waals surface area contributed by atoms with Gasteiger partial charge in [0.05, 0.1) is 17.8 Å². The quantitative estimate of drug-likeness (QED) is 0.319. The average Bonchev–Trinajstić information content (AvgIpc) is 3.38. The third-order valence-corrected chi connectivity index (χ3v) is 6.41. The highest BCUT2D eigenvalue weighted by atomic mass is 16.1. The van der Waals surface area contributed by atoms with Crippen LogP contribution in [0.5, 0.6) is 0 Å². The smallest absolute Gasteiger partial charge is 0.263 e. The van der Waals surface area contributed by atoms with Gasteiger partial charge in [-0.05, 0) is 49.1 Å². The lowest BCUT2D eigenvalue weighted by Crippen LogP contribution is -2.26. The third-order valence-electron chi connectivity index (χ3n) is 6.41. The van der Waals surface area contributed by atoms with Crippen molar-refractivity contribution in [2.75, 3.05) is 11.1 Å². The second-order valence-electron chi connectivity index (χ2n) is 8.90. The number of para-hydroxylation sites is 1.